The van der Waals surface area contributed by atoms with Gasteiger partial charge in [-0.2, -0.15) is 0 Å². The van der Waals surface area contributed by atoms with Crippen LogP contribution in [0.25, 0.3) is 10.9 Å². The van der Waals surface area contributed by atoms with Crippen molar-refractivity contribution in [3.8, 4) is 5.88 Å². The van der Waals surface area contributed by atoms with Crippen molar-refractivity contribution in [3.05, 3.63) is 65.4 Å². The molecule has 3 rings (SSSR count). The molecular formula is C16H13ClN2O. The van der Waals surface area contributed by atoms with E-state index in [9.17, 15) is 0 Å². The number of benzene rings is 2. The average Bonchev–Trinajstić information content (AvgIpc) is 2.48. The number of aromatic nitrogens is 2. The number of halogens is 1. The zero-order valence-electron chi connectivity index (χ0n) is 11.0. The number of hydrogen-bond acceptors (Lipinski definition) is 3. The van der Waals surface area contributed by atoms with Crippen LogP contribution in [0, 0.1) is 0 Å². The number of ether oxygens (including phenoxy) is 1. The van der Waals surface area contributed by atoms with Gasteiger partial charge in [0.1, 0.15) is 12.4 Å². The van der Waals surface area contributed by atoms with E-state index in [0.29, 0.717) is 10.9 Å². The van der Waals surface area contributed by atoms with Gasteiger partial charge >= 0.3 is 0 Å². The van der Waals surface area contributed by atoms with Crippen molar-refractivity contribution in [1.82, 2.24) is 9.97 Å². The molecule has 1 unspecified atom stereocenters. The number of para-hydroxylation sites is 1. The van der Waals surface area contributed by atoms with Crippen LogP contribution in [0.3, 0.4) is 0 Å². The number of fused-ring (bicyclic) bond motifs is 1. The second-order valence-electron chi connectivity index (χ2n) is 4.48. The van der Waals surface area contributed by atoms with Gasteiger partial charge in [-0.3, -0.25) is 0 Å². The molecule has 0 amide bonds. The molecule has 0 bridgehead atoms. The Morgan fingerprint density at radius 1 is 1.00 bits per heavy atom. The molecule has 0 aliphatic rings. The van der Waals surface area contributed by atoms with E-state index in [-0.39, 0.29) is 6.10 Å². The number of rotatable bonds is 3. The van der Waals surface area contributed by atoms with Gasteiger partial charge in [-0.25, -0.2) is 9.97 Å². The fourth-order valence-electron chi connectivity index (χ4n) is 2.11. The van der Waals surface area contributed by atoms with Gasteiger partial charge in [0.05, 0.1) is 10.9 Å². The van der Waals surface area contributed by atoms with E-state index in [1.807, 2.05) is 55.5 Å². The lowest BCUT2D eigenvalue weighted by molar-refractivity contribution is 0.220. The molecular weight excluding hydrogens is 272 g/mol. The Morgan fingerprint density at radius 2 is 1.75 bits per heavy atom. The van der Waals surface area contributed by atoms with Crippen molar-refractivity contribution in [2.24, 2.45) is 0 Å². The minimum absolute atomic E-state index is 0.179. The van der Waals surface area contributed by atoms with Crippen molar-refractivity contribution < 1.29 is 4.74 Å². The highest BCUT2D eigenvalue weighted by atomic mass is 35.5. The van der Waals surface area contributed by atoms with Crippen LogP contribution in [-0.4, -0.2) is 9.97 Å². The average molecular weight is 285 g/mol. The third kappa shape index (κ3) is 2.45. The van der Waals surface area contributed by atoms with Crippen LogP contribution < -0.4 is 4.74 Å². The number of hydrogen-bond donors (Lipinski definition) is 0. The van der Waals surface area contributed by atoms with E-state index in [4.69, 9.17) is 16.3 Å². The molecule has 0 radical (unpaired) electrons. The molecule has 1 heterocycles. The topological polar surface area (TPSA) is 35.0 Å². The highest BCUT2D eigenvalue weighted by Crippen LogP contribution is 2.29. The van der Waals surface area contributed by atoms with Crippen molar-refractivity contribution >= 4 is 22.5 Å². The first-order chi connectivity index (χ1) is 9.75. The summed E-state index contributed by atoms with van der Waals surface area (Å²) in [4.78, 5) is 8.45. The van der Waals surface area contributed by atoms with Crippen molar-refractivity contribution in [2.45, 2.75) is 13.0 Å². The van der Waals surface area contributed by atoms with Crippen molar-refractivity contribution in [1.29, 1.82) is 0 Å². The lowest BCUT2D eigenvalue weighted by atomic mass is 10.1. The van der Waals surface area contributed by atoms with Gasteiger partial charge in [0, 0.05) is 10.6 Å². The van der Waals surface area contributed by atoms with Gasteiger partial charge in [-0.1, -0.05) is 41.9 Å². The molecule has 2 aromatic carbocycles. The van der Waals surface area contributed by atoms with E-state index < -0.39 is 0 Å². The first kappa shape index (κ1) is 12.9. The molecule has 3 aromatic rings. The molecule has 20 heavy (non-hydrogen) atoms. The second kappa shape index (κ2) is 5.47. The Labute approximate surface area is 122 Å². The van der Waals surface area contributed by atoms with E-state index >= 15 is 0 Å². The zero-order valence-corrected chi connectivity index (χ0v) is 11.7. The van der Waals surface area contributed by atoms with Gasteiger partial charge in [0.25, 0.3) is 0 Å². The Balaban J connectivity index is 1.96. The third-order valence-corrected chi connectivity index (χ3v) is 3.48. The molecule has 0 spiro atoms. The summed E-state index contributed by atoms with van der Waals surface area (Å²) in [6.07, 6.45) is 1.33. The first-order valence-corrected chi connectivity index (χ1v) is 6.74. The molecule has 3 nitrogen and oxygen atoms in total. The molecule has 0 saturated heterocycles. The van der Waals surface area contributed by atoms with Crippen LogP contribution in [0.5, 0.6) is 5.88 Å². The summed E-state index contributed by atoms with van der Waals surface area (Å²) in [5.41, 5.74) is 1.81. The SMILES string of the molecule is CC(Oc1ncnc2ccccc12)c1ccccc1Cl. The molecule has 0 aliphatic heterocycles. The van der Waals surface area contributed by atoms with Gasteiger partial charge in [-0.15, -0.1) is 0 Å². The monoisotopic (exact) mass is 284 g/mol. The van der Waals surface area contributed by atoms with E-state index in [2.05, 4.69) is 9.97 Å². The summed E-state index contributed by atoms with van der Waals surface area (Å²) in [7, 11) is 0. The Kier molecular flexibility index (Phi) is 3.52. The first-order valence-electron chi connectivity index (χ1n) is 6.36. The number of nitrogens with zero attached hydrogens (tertiary/aromatic N) is 2. The Morgan fingerprint density at radius 3 is 2.60 bits per heavy atom. The fraction of sp³-hybridized carbons (Fsp3) is 0.125. The molecule has 1 aromatic heterocycles. The van der Waals surface area contributed by atoms with Crippen LogP contribution in [0.15, 0.2) is 54.9 Å². The largest absolute Gasteiger partial charge is 0.469 e. The van der Waals surface area contributed by atoms with Gasteiger partial charge in [0.2, 0.25) is 5.88 Å². The van der Waals surface area contributed by atoms with E-state index in [0.717, 1.165) is 16.5 Å². The minimum atomic E-state index is -0.179. The summed E-state index contributed by atoms with van der Waals surface area (Å²) in [6, 6.07) is 15.4. The smallest absolute Gasteiger partial charge is 0.225 e. The summed E-state index contributed by atoms with van der Waals surface area (Å²) in [5.74, 6) is 0.572. The summed E-state index contributed by atoms with van der Waals surface area (Å²) in [5, 5.41) is 1.59. The Hall–Kier alpha value is -2.13. The maximum Gasteiger partial charge on any atom is 0.225 e. The summed E-state index contributed by atoms with van der Waals surface area (Å²) in [6.45, 7) is 1.96. The van der Waals surface area contributed by atoms with Crippen LogP contribution in [0.1, 0.15) is 18.6 Å². The van der Waals surface area contributed by atoms with Gasteiger partial charge in [0.15, 0.2) is 0 Å². The highest BCUT2D eigenvalue weighted by Gasteiger charge is 2.13. The third-order valence-electron chi connectivity index (χ3n) is 3.14. The molecule has 4 heteroatoms. The predicted molar refractivity (Wildman–Crippen MR) is 80.0 cm³/mol. The van der Waals surface area contributed by atoms with Crippen LogP contribution >= 0.6 is 11.6 Å². The van der Waals surface area contributed by atoms with Crippen LogP contribution in [0.4, 0.5) is 0 Å². The van der Waals surface area contributed by atoms with Crippen molar-refractivity contribution in [3.63, 3.8) is 0 Å². The van der Waals surface area contributed by atoms with E-state index in [1.165, 1.54) is 6.33 Å². The molecule has 0 aliphatic carbocycles. The van der Waals surface area contributed by atoms with Gasteiger partial charge < -0.3 is 4.74 Å². The Bertz CT molecular complexity index is 740. The molecule has 100 valence electrons. The molecule has 0 fully saturated rings. The van der Waals surface area contributed by atoms with Crippen molar-refractivity contribution in [2.75, 3.05) is 0 Å². The lowest BCUT2D eigenvalue weighted by Crippen LogP contribution is -2.05. The van der Waals surface area contributed by atoms with Gasteiger partial charge in [-0.05, 0) is 25.1 Å². The fourth-order valence-corrected chi connectivity index (χ4v) is 2.40. The molecule has 1 atom stereocenters. The standard InChI is InChI=1S/C16H13ClN2O/c1-11(12-6-2-4-8-14(12)17)20-16-13-7-3-5-9-15(13)18-10-19-16/h2-11H,1H3. The van der Waals surface area contributed by atoms with Crippen LogP contribution in [0.2, 0.25) is 5.02 Å². The summed E-state index contributed by atoms with van der Waals surface area (Å²) < 4.78 is 5.96. The quantitative estimate of drug-likeness (QED) is 0.714. The maximum absolute atomic E-state index is 6.19. The zero-order chi connectivity index (χ0) is 13.9. The summed E-state index contributed by atoms with van der Waals surface area (Å²) >= 11 is 6.19. The van der Waals surface area contributed by atoms with E-state index in [1.54, 1.807) is 0 Å². The van der Waals surface area contributed by atoms with Crippen LogP contribution in [-0.2, 0) is 0 Å². The normalized spacial score (nSPS) is 12.3. The highest BCUT2D eigenvalue weighted by molar-refractivity contribution is 6.31. The minimum Gasteiger partial charge on any atom is -0.469 e. The molecule has 0 saturated carbocycles. The second-order valence-corrected chi connectivity index (χ2v) is 4.88. The predicted octanol–water partition coefficient (Wildman–Crippen LogP) is 4.42. The maximum atomic E-state index is 6.19. The lowest BCUT2D eigenvalue weighted by Gasteiger charge is -2.16. The molecule has 0 N–H and O–H groups in total.